The zero-order valence-corrected chi connectivity index (χ0v) is 5.44. The fourth-order valence-electron chi connectivity index (χ4n) is 0. The molecule has 1 N–H and O–H groups in total. The number of hydrogen-bond donors (Lipinski definition) is 1. The van der Waals surface area contributed by atoms with Crippen molar-refractivity contribution in [3.05, 3.63) is 0 Å². The molecule has 0 aliphatic carbocycles. The quantitative estimate of drug-likeness (QED) is 0.445. The minimum Gasteiger partial charge on any atom is -0.286 e. The average molecular weight is 174 g/mol. The van der Waals surface area contributed by atoms with E-state index in [-0.39, 0.29) is 22.8 Å². The molecule has 1 radical (unpaired) electrons. The van der Waals surface area contributed by atoms with E-state index in [0.29, 0.717) is 0 Å². The molecule has 0 aliphatic rings. The topological polar surface area (TPSA) is 54.4 Å². The molecule has 0 bridgehead atoms. The van der Waals surface area contributed by atoms with Crippen molar-refractivity contribution in [1.82, 2.24) is 0 Å². The van der Waals surface area contributed by atoms with Crippen LogP contribution in [0.2, 0.25) is 0 Å². The fraction of sp³-hybridized carbons (Fsp3) is 1.00. The van der Waals surface area contributed by atoms with Crippen LogP contribution in [0.5, 0.6) is 0 Å². The van der Waals surface area contributed by atoms with Gasteiger partial charge >= 0.3 is 0 Å². The summed E-state index contributed by atoms with van der Waals surface area (Å²) in [6, 6.07) is 0. The van der Waals surface area contributed by atoms with Crippen molar-refractivity contribution in [3.63, 3.8) is 0 Å². The van der Waals surface area contributed by atoms with Gasteiger partial charge in [-0.05, 0) is 6.92 Å². The summed E-state index contributed by atoms with van der Waals surface area (Å²) in [4.78, 5) is 0. The van der Waals surface area contributed by atoms with Crippen LogP contribution < -0.4 is 0 Å². The van der Waals surface area contributed by atoms with Crippen LogP contribution in [0.4, 0.5) is 0 Å². The van der Waals surface area contributed by atoms with Crippen LogP contribution in [0.25, 0.3) is 0 Å². The van der Waals surface area contributed by atoms with Gasteiger partial charge in [0, 0.05) is 17.1 Å². The maximum Gasteiger partial charge on any atom is 0.264 e. The Morgan fingerprint density at radius 3 is 1.71 bits per heavy atom. The Labute approximate surface area is 53.3 Å². The van der Waals surface area contributed by atoms with Gasteiger partial charge in [0.05, 0.1) is 5.75 Å². The van der Waals surface area contributed by atoms with Crippen molar-refractivity contribution in [2.24, 2.45) is 0 Å². The second kappa shape index (κ2) is 3.43. The Hall–Kier alpha value is 0.429. The molecule has 0 unspecified atom stereocenters. The maximum atomic E-state index is 9.56. The molecule has 0 fully saturated rings. The minimum absolute atomic E-state index is 0. The molecule has 0 atom stereocenters. The van der Waals surface area contributed by atoms with Crippen LogP contribution in [-0.4, -0.2) is 18.7 Å². The molecule has 0 saturated heterocycles. The molecule has 0 aromatic carbocycles. The summed E-state index contributed by atoms with van der Waals surface area (Å²) >= 11 is 0. The zero-order valence-electron chi connectivity index (χ0n) is 3.68. The van der Waals surface area contributed by atoms with Crippen LogP contribution in [0.3, 0.4) is 0 Å². The summed E-state index contributed by atoms with van der Waals surface area (Å²) in [6.45, 7) is 1.37. The van der Waals surface area contributed by atoms with E-state index in [1.165, 1.54) is 6.92 Å². The van der Waals surface area contributed by atoms with Gasteiger partial charge in [0.25, 0.3) is 10.1 Å². The Bertz CT molecular complexity index is 115. The molecular formula is C2H6CuO3S. The molecule has 0 aromatic rings. The second-order valence-electron chi connectivity index (χ2n) is 0.871. The van der Waals surface area contributed by atoms with E-state index in [1.807, 2.05) is 0 Å². The summed E-state index contributed by atoms with van der Waals surface area (Å²) in [7, 11) is -3.66. The van der Waals surface area contributed by atoms with Crippen LogP contribution in [0.15, 0.2) is 0 Å². The molecule has 3 nitrogen and oxygen atoms in total. The molecule has 5 heteroatoms. The van der Waals surface area contributed by atoms with E-state index in [4.69, 9.17) is 4.55 Å². The van der Waals surface area contributed by atoms with Gasteiger partial charge in [0.15, 0.2) is 0 Å². The Kier molecular flexibility index (Phi) is 5.11. The first kappa shape index (κ1) is 10.4. The molecule has 0 aliphatic heterocycles. The summed E-state index contributed by atoms with van der Waals surface area (Å²) in [5.41, 5.74) is 0. The van der Waals surface area contributed by atoms with Gasteiger partial charge in [0.2, 0.25) is 0 Å². The molecular weight excluding hydrogens is 168 g/mol. The Morgan fingerprint density at radius 2 is 1.71 bits per heavy atom. The van der Waals surface area contributed by atoms with Crippen LogP contribution >= 0.6 is 0 Å². The van der Waals surface area contributed by atoms with E-state index in [2.05, 4.69) is 0 Å². The van der Waals surface area contributed by atoms with Gasteiger partial charge < -0.3 is 0 Å². The molecule has 7 heavy (non-hydrogen) atoms. The number of hydrogen-bond acceptors (Lipinski definition) is 2. The molecule has 0 heterocycles. The molecule has 49 valence electrons. The predicted molar refractivity (Wildman–Crippen MR) is 22.1 cm³/mol. The van der Waals surface area contributed by atoms with Gasteiger partial charge in [-0.1, -0.05) is 0 Å². The minimum atomic E-state index is -3.66. The van der Waals surface area contributed by atoms with Crippen molar-refractivity contribution >= 4 is 10.1 Å². The molecule has 0 rings (SSSR count). The third kappa shape index (κ3) is 10.7. The van der Waals surface area contributed by atoms with Gasteiger partial charge in [0.1, 0.15) is 0 Å². The van der Waals surface area contributed by atoms with Gasteiger partial charge in [-0.15, -0.1) is 0 Å². The maximum absolute atomic E-state index is 9.56. The number of rotatable bonds is 1. The van der Waals surface area contributed by atoms with E-state index in [0.717, 1.165) is 0 Å². The van der Waals surface area contributed by atoms with E-state index in [9.17, 15) is 8.42 Å². The zero-order chi connectivity index (χ0) is 5.21. The first-order valence-electron chi connectivity index (χ1n) is 1.51. The normalized spacial score (nSPS) is 10.0. The first-order chi connectivity index (χ1) is 2.56. The van der Waals surface area contributed by atoms with Gasteiger partial charge in [-0.2, -0.15) is 8.42 Å². The molecule has 0 amide bonds. The fourth-order valence-corrected chi connectivity index (χ4v) is 0. The smallest absolute Gasteiger partial charge is 0.264 e. The summed E-state index contributed by atoms with van der Waals surface area (Å²) in [6.07, 6.45) is 0. The average Bonchev–Trinajstić information content (AvgIpc) is 1.35. The Morgan fingerprint density at radius 1 is 1.57 bits per heavy atom. The summed E-state index contributed by atoms with van der Waals surface area (Å²) in [5.74, 6) is -0.201. The van der Waals surface area contributed by atoms with Crippen molar-refractivity contribution in [2.45, 2.75) is 6.92 Å². The van der Waals surface area contributed by atoms with E-state index < -0.39 is 10.1 Å². The predicted octanol–water partition coefficient (Wildman–Crippen LogP) is -0.108. The van der Waals surface area contributed by atoms with E-state index >= 15 is 0 Å². The summed E-state index contributed by atoms with van der Waals surface area (Å²) < 4.78 is 26.9. The van der Waals surface area contributed by atoms with Gasteiger partial charge in [-0.3, -0.25) is 4.55 Å². The second-order valence-corrected chi connectivity index (χ2v) is 2.61. The third-order valence-electron chi connectivity index (χ3n) is 0.365. The first-order valence-corrected chi connectivity index (χ1v) is 3.12. The molecule has 0 saturated carbocycles. The van der Waals surface area contributed by atoms with E-state index in [1.54, 1.807) is 0 Å². The van der Waals surface area contributed by atoms with Crippen LogP contribution in [-0.2, 0) is 27.2 Å². The van der Waals surface area contributed by atoms with Crippen molar-refractivity contribution in [3.8, 4) is 0 Å². The van der Waals surface area contributed by atoms with Crippen LogP contribution in [0.1, 0.15) is 6.92 Å². The summed E-state index contributed by atoms with van der Waals surface area (Å²) in [5, 5.41) is 0. The Balaban J connectivity index is 0. The molecule has 0 spiro atoms. The monoisotopic (exact) mass is 173 g/mol. The van der Waals surface area contributed by atoms with Gasteiger partial charge in [-0.25, -0.2) is 0 Å². The van der Waals surface area contributed by atoms with Crippen molar-refractivity contribution < 1.29 is 30.0 Å². The standard InChI is InChI=1S/C2H6O3S.Cu/c1-2-6(3,4)5;/h2H2,1H3,(H,3,4,5);. The van der Waals surface area contributed by atoms with Crippen LogP contribution in [0, 0.1) is 0 Å². The van der Waals surface area contributed by atoms with Crippen molar-refractivity contribution in [2.75, 3.05) is 5.75 Å². The largest absolute Gasteiger partial charge is 0.286 e. The third-order valence-corrected chi connectivity index (χ3v) is 1.09. The SMILES string of the molecule is CCS(=O)(=O)O.[Cu]. The van der Waals surface area contributed by atoms with Crippen molar-refractivity contribution in [1.29, 1.82) is 0 Å². The molecule has 0 aromatic heterocycles.